The van der Waals surface area contributed by atoms with E-state index in [0.717, 1.165) is 32.1 Å². The first-order valence-electron chi connectivity index (χ1n) is 5.09. The molecular weight excluding hydrogens is 182 g/mol. The van der Waals surface area contributed by atoms with Crippen molar-refractivity contribution in [3.8, 4) is 0 Å². The SMILES string of the molecule is CC(=O)CCCCCCCC(=O)NO. The van der Waals surface area contributed by atoms with E-state index < -0.39 is 0 Å². The molecule has 0 aliphatic heterocycles. The number of carbonyl (C=O) groups excluding carboxylic acids is 2. The maximum atomic E-state index is 10.6. The molecule has 0 aliphatic carbocycles. The molecule has 1 amide bonds. The topological polar surface area (TPSA) is 66.4 Å². The maximum Gasteiger partial charge on any atom is 0.243 e. The van der Waals surface area contributed by atoms with Gasteiger partial charge in [-0.25, -0.2) is 5.48 Å². The van der Waals surface area contributed by atoms with Crippen LogP contribution in [0, 0.1) is 0 Å². The lowest BCUT2D eigenvalue weighted by molar-refractivity contribution is -0.129. The van der Waals surface area contributed by atoms with Crippen LogP contribution in [0.4, 0.5) is 0 Å². The van der Waals surface area contributed by atoms with Crippen molar-refractivity contribution < 1.29 is 14.8 Å². The van der Waals surface area contributed by atoms with Crippen molar-refractivity contribution in [2.24, 2.45) is 0 Å². The molecule has 0 unspecified atom stereocenters. The summed E-state index contributed by atoms with van der Waals surface area (Å²) in [5.41, 5.74) is 1.60. The number of rotatable bonds is 8. The van der Waals surface area contributed by atoms with Crippen molar-refractivity contribution in [2.75, 3.05) is 0 Å². The van der Waals surface area contributed by atoms with Crippen LogP contribution in [0.15, 0.2) is 0 Å². The molecule has 0 fully saturated rings. The smallest absolute Gasteiger partial charge is 0.243 e. The number of hydrogen-bond donors (Lipinski definition) is 2. The maximum absolute atomic E-state index is 10.6. The molecule has 0 spiro atoms. The first-order valence-corrected chi connectivity index (χ1v) is 5.09. The molecule has 0 saturated carbocycles. The molecule has 0 saturated heterocycles. The Morgan fingerprint density at radius 1 is 1.00 bits per heavy atom. The van der Waals surface area contributed by atoms with E-state index in [4.69, 9.17) is 5.21 Å². The highest BCUT2D eigenvalue weighted by Gasteiger charge is 1.98. The molecule has 0 atom stereocenters. The lowest BCUT2D eigenvalue weighted by Gasteiger charge is -1.99. The van der Waals surface area contributed by atoms with Gasteiger partial charge in [-0.2, -0.15) is 0 Å². The van der Waals surface area contributed by atoms with Gasteiger partial charge < -0.3 is 4.79 Å². The Kier molecular flexibility index (Phi) is 8.13. The van der Waals surface area contributed by atoms with Gasteiger partial charge in [0.15, 0.2) is 0 Å². The third kappa shape index (κ3) is 9.19. The molecule has 0 radical (unpaired) electrons. The molecule has 0 aromatic carbocycles. The fraction of sp³-hybridized carbons (Fsp3) is 0.800. The molecule has 82 valence electrons. The predicted octanol–water partition coefficient (Wildman–Crippen LogP) is 1.81. The van der Waals surface area contributed by atoms with Gasteiger partial charge in [0.25, 0.3) is 0 Å². The van der Waals surface area contributed by atoms with Gasteiger partial charge in [0.05, 0.1) is 0 Å². The first-order chi connectivity index (χ1) is 6.66. The third-order valence-electron chi connectivity index (χ3n) is 2.06. The molecule has 14 heavy (non-hydrogen) atoms. The molecule has 0 aromatic heterocycles. The molecular formula is C10H19NO3. The highest BCUT2D eigenvalue weighted by molar-refractivity contribution is 5.75. The number of hydrogen-bond acceptors (Lipinski definition) is 3. The van der Waals surface area contributed by atoms with E-state index in [0.29, 0.717) is 12.8 Å². The minimum atomic E-state index is -0.325. The molecule has 0 aliphatic rings. The largest absolute Gasteiger partial charge is 0.300 e. The summed E-state index contributed by atoms with van der Waals surface area (Å²) >= 11 is 0. The zero-order valence-corrected chi connectivity index (χ0v) is 8.71. The van der Waals surface area contributed by atoms with Crippen LogP contribution in [0.25, 0.3) is 0 Å². The molecule has 0 bridgehead atoms. The quantitative estimate of drug-likeness (QED) is 0.357. The van der Waals surface area contributed by atoms with E-state index in [1.54, 1.807) is 12.4 Å². The van der Waals surface area contributed by atoms with Crippen molar-refractivity contribution in [3.05, 3.63) is 0 Å². The monoisotopic (exact) mass is 201 g/mol. The van der Waals surface area contributed by atoms with Crippen LogP contribution in [-0.2, 0) is 9.59 Å². The Balaban J connectivity index is 3.06. The van der Waals surface area contributed by atoms with Gasteiger partial charge in [-0.05, 0) is 19.8 Å². The van der Waals surface area contributed by atoms with Crippen LogP contribution in [0.2, 0.25) is 0 Å². The molecule has 4 nitrogen and oxygen atoms in total. The minimum absolute atomic E-state index is 0.240. The summed E-state index contributed by atoms with van der Waals surface area (Å²) in [4.78, 5) is 21.2. The van der Waals surface area contributed by atoms with Crippen molar-refractivity contribution in [2.45, 2.75) is 51.9 Å². The average Bonchev–Trinajstić information content (AvgIpc) is 2.15. The summed E-state index contributed by atoms with van der Waals surface area (Å²) in [5.74, 6) is -0.0848. The number of ketones is 1. The first kappa shape index (κ1) is 13.1. The van der Waals surface area contributed by atoms with Crippen LogP contribution >= 0.6 is 0 Å². The molecule has 0 rings (SSSR count). The fourth-order valence-corrected chi connectivity index (χ4v) is 1.25. The lowest BCUT2D eigenvalue weighted by atomic mass is 10.1. The third-order valence-corrected chi connectivity index (χ3v) is 2.06. The standard InChI is InChI=1S/C10H19NO3/c1-9(12)7-5-3-2-4-6-8-10(13)11-14/h14H,2-8H2,1H3,(H,11,13). The lowest BCUT2D eigenvalue weighted by Crippen LogP contribution is -2.17. The van der Waals surface area contributed by atoms with E-state index in [1.807, 2.05) is 0 Å². The highest BCUT2D eigenvalue weighted by atomic mass is 16.5. The van der Waals surface area contributed by atoms with Crippen LogP contribution in [-0.4, -0.2) is 16.9 Å². The number of nitrogens with one attached hydrogen (secondary N) is 1. The van der Waals surface area contributed by atoms with E-state index in [-0.39, 0.29) is 11.7 Å². The normalized spacial score (nSPS) is 9.86. The second-order valence-electron chi connectivity index (χ2n) is 3.50. The van der Waals surface area contributed by atoms with Crippen molar-refractivity contribution >= 4 is 11.7 Å². The van der Waals surface area contributed by atoms with Crippen LogP contribution < -0.4 is 5.48 Å². The summed E-state index contributed by atoms with van der Waals surface area (Å²) in [5, 5.41) is 8.20. The van der Waals surface area contributed by atoms with Gasteiger partial charge >= 0.3 is 0 Å². The van der Waals surface area contributed by atoms with Gasteiger partial charge in [-0.3, -0.25) is 10.0 Å². The van der Waals surface area contributed by atoms with Gasteiger partial charge in [0, 0.05) is 12.8 Å². The van der Waals surface area contributed by atoms with Crippen molar-refractivity contribution in [1.29, 1.82) is 0 Å². The van der Waals surface area contributed by atoms with Crippen LogP contribution in [0.5, 0.6) is 0 Å². The zero-order chi connectivity index (χ0) is 10.8. The van der Waals surface area contributed by atoms with E-state index in [1.165, 1.54) is 0 Å². The molecule has 4 heteroatoms. The van der Waals surface area contributed by atoms with Gasteiger partial charge in [0.1, 0.15) is 5.78 Å². The number of Topliss-reactive ketones (excluding diaryl/α,β-unsaturated/α-hetero) is 1. The number of amides is 1. The Hall–Kier alpha value is -0.900. The minimum Gasteiger partial charge on any atom is -0.300 e. The summed E-state index contributed by atoms with van der Waals surface area (Å²) in [6.45, 7) is 1.60. The van der Waals surface area contributed by atoms with Gasteiger partial charge in [-0.15, -0.1) is 0 Å². The second-order valence-corrected chi connectivity index (χ2v) is 3.50. The Labute approximate surface area is 84.6 Å². The van der Waals surface area contributed by atoms with Gasteiger partial charge in [0.2, 0.25) is 5.91 Å². The van der Waals surface area contributed by atoms with Crippen molar-refractivity contribution in [1.82, 2.24) is 5.48 Å². The Morgan fingerprint density at radius 2 is 1.50 bits per heavy atom. The fourth-order valence-electron chi connectivity index (χ4n) is 1.25. The van der Waals surface area contributed by atoms with Gasteiger partial charge in [-0.1, -0.05) is 19.3 Å². The molecule has 0 heterocycles. The number of unbranched alkanes of at least 4 members (excludes halogenated alkanes) is 4. The second kappa shape index (κ2) is 8.69. The van der Waals surface area contributed by atoms with E-state index in [2.05, 4.69) is 0 Å². The number of hydroxylamine groups is 1. The Morgan fingerprint density at radius 3 is 2.00 bits per heavy atom. The summed E-state index contributed by atoms with van der Waals surface area (Å²) in [6.07, 6.45) is 5.85. The Bertz CT molecular complexity index is 180. The van der Waals surface area contributed by atoms with E-state index in [9.17, 15) is 9.59 Å². The molecule has 0 aromatic rings. The summed E-state index contributed by atoms with van der Waals surface area (Å²) in [6, 6.07) is 0. The van der Waals surface area contributed by atoms with E-state index >= 15 is 0 Å². The average molecular weight is 201 g/mol. The van der Waals surface area contributed by atoms with Crippen LogP contribution in [0.3, 0.4) is 0 Å². The predicted molar refractivity (Wildman–Crippen MR) is 52.9 cm³/mol. The number of carbonyl (C=O) groups is 2. The highest BCUT2D eigenvalue weighted by Crippen LogP contribution is 2.07. The van der Waals surface area contributed by atoms with Crippen molar-refractivity contribution in [3.63, 3.8) is 0 Å². The summed E-state index contributed by atoms with van der Waals surface area (Å²) < 4.78 is 0. The van der Waals surface area contributed by atoms with Crippen LogP contribution in [0.1, 0.15) is 51.9 Å². The summed E-state index contributed by atoms with van der Waals surface area (Å²) in [7, 11) is 0. The molecule has 2 N–H and O–H groups in total. The zero-order valence-electron chi connectivity index (χ0n) is 8.71.